The first-order valence-corrected chi connectivity index (χ1v) is 5.57. The van der Waals surface area contributed by atoms with Crippen LogP contribution in [-0.4, -0.2) is 30.9 Å². The van der Waals surface area contributed by atoms with Crippen LogP contribution < -0.4 is 5.73 Å². The number of halogens is 2. The third-order valence-corrected chi connectivity index (χ3v) is 2.67. The van der Waals surface area contributed by atoms with E-state index in [-0.39, 0.29) is 29.3 Å². The molecule has 0 heterocycles. The van der Waals surface area contributed by atoms with Crippen molar-refractivity contribution in [3.8, 4) is 0 Å². The van der Waals surface area contributed by atoms with Crippen molar-refractivity contribution in [1.29, 1.82) is 0 Å². The molecule has 0 unspecified atom stereocenters. The van der Waals surface area contributed by atoms with Crippen molar-refractivity contribution in [2.75, 3.05) is 20.1 Å². The number of rotatable bonds is 4. The van der Waals surface area contributed by atoms with Crippen LogP contribution >= 0.6 is 12.4 Å². The molecule has 1 aromatic rings. The Bertz CT molecular complexity index is 410. The van der Waals surface area contributed by atoms with Crippen LogP contribution in [0.4, 0.5) is 4.39 Å². The van der Waals surface area contributed by atoms with Crippen LogP contribution in [0, 0.1) is 11.2 Å². The van der Waals surface area contributed by atoms with Crippen molar-refractivity contribution in [2.45, 2.75) is 13.8 Å². The van der Waals surface area contributed by atoms with Crippen LogP contribution in [0.25, 0.3) is 0 Å². The first-order valence-electron chi connectivity index (χ1n) is 5.57. The average molecular weight is 275 g/mol. The average Bonchev–Trinajstić information content (AvgIpc) is 2.28. The number of amides is 1. The minimum absolute atomic E-state index is 0. The molecule has 0 aliphatic carbocycles. The number of carbonyl (C=O) groups excluding carboxylic acids is 1. The van der Waals surface area contributed by atoms with Crippen molar-refractivity contribution in [3.63, 3.8) is 0 Å². The second-order valence-corrected chi connectivity index (χ2v) is 5.01. The van der Waals surface area contributed by atoms with Gasteiger partial charge in [0, 0.05) is 13.6 Å². The largest absolute Gasteiger partial charge is 0.341 e. The topological polar surface area (TPSA) is 46.3 Å². The summed E-state index contributed by atoms with van der Waals surface area (Å²) in [6.45, 7) is 4.91. The minimum atomic E-state index is -0.491. The van der Waals surface area contributed by atoms with Gasteiger partial charge in [-0.1, -0.05) is 26.0 Å². The summed E-state index contributed by atoms with van der Waals surface area (Å²) in [5.41, 5.74) is 5.54. The second-order valence-electron chi connectivity index (χ2n) is 5.01. The molecule has 102 valence electrons. The molecule has 0 saturated carbocycles. The maximum absolute atomic E-state index is 13.4. The molecule has 5 heteroatoms. The highest BCUT2D eigenvalue weighted by Crippen LogP contribution is 2.16. The van der Waals surface area contributed by atoms with Gasteiger partial charge in [-0.05, 0) is 24.1 Å². The lowest BCUT2D eigenvalue weighted by Crippen LogP contribution is -2.40. The molecule has 0 radical (unpaired) electrons. The number of nitrogens with two attached hydrogens (primary N) is 1. The van der Waals surface area contributed by atoms with Gasteiger partial charge in [0.15, 0.2) is 0 Å². The molecule has 0 aromatic heterocycles. The molecule has 0 bridgehead atoms. The summed E-state index contributed by atoms with van der Waals surface area (Å²) in [6, 6.07) is 5.99. The van der Waals surface area contributed by atoms with Crippen LogP contribution in [0.1, 0.15) is 24.2 Å². The highest BCUT2D eigenvalue weighted by molar-refractivity contribution is 5.94. The van der Waals surface area contributed by atoms with Gasteiger partial charge in [0.1, 0.15) is 5.82 Å². The summed E-state index contributed by atoms with van der Waals surface area (Å²) < 4.78 is 13.4. The standard InChI is InChI=1S/C13H19FN2O.ClH/c1-13(2,8-15)9-16(3)12(17)10-6-4-5-7-11(10)14;/h4-7H,8-9,15H2,1-3H3;1H. The summed E-state index contributed by atoms with van der Waals surface area (Å²) in [5, 5.41) is 0. The fourth-order valence-electron chi connectivity index (χ4n) is 1.62. The highest BCUT2D eigenvalue weighted by Gasteiger charge is 2.23. The van der Waals surface area contributed by atoms with Crippen molar-refractivity contribution in [1.82, 2.24) is 4.90 Å². The second kappa shape index (κ2) is 6.71. The lowest BCUT2D eigenvalue weighted by Gasteiger charge is -2.29. The Kier molecular flexibility index (Phi) is 6.29. The first kappa shape index (κ1) is 16.9. The lowest BCUT2D eigenvalue weighted by atomic mass is 9.93. The Morgan fingerprint density at radius 3 is 2.44 bits per heavy atom. The molecule has 0 aliphatic rings. The van der Waals surface area contributed by atoms with Gasteiger partial charge in [-0.2, -0.15) is 0 Å². The van der Waals surface area contributed by atoms with Gasteiger partial charge >= 0.3 is 0 Å². The number of nitrogens with zero attached hydrogens (tertiary/aromatic N) is 1. The third-order valence-electron chi connectivity index (χ3n) is 2.67. The van der Waals surface area contributed by atoms with Crippen molar-refractivity contribution < 1.29 is 9.18 Å². The lowest BCUT2D eigenvalue weighted by molar-refractivity contribution is 0.0736. The van der Waals surface area contributed by atoms with Gasteiger partial charge < -0.3 is 10.6 Å². The number of hydrogen-bond acceptors (Lipinski definition) is 2. The van der Waals surface area contributed by atoms with Crippen molar-refractivity contribution in [2.24, 2.45) is 11.1 Å². The Morgan fingerprint density at radius 2 is 1.94 bits per heavy atom. The summed E-state index contributed by atoms with van der Waals surface area (Å²) in [5.74, 6) is -0.806. The zero-order chi connectivity index (χ0) is 13.1. The van der Waals surface area contributed by atoms with Crippen LogP contribution in [0.5, 0.6) is 0 Å². The van der Waals surface area contributed by atoms with E-state index in [9.17, 15) is 9.18 Å². The first-order chi connectivity index (χ1) is 7.87. The van der Waals surface area contributed by atoms with Gasteiger partial charge in [0.05, 0.1) is 5.56 Å². The molecule has 0 aliphatic heterocycles. The molecule has 1 rings (SSSR count). The van der Waals surface area contributed by atoms with E-state index in [1.54, 1.807) is 19.2 Å². The van der Waals surface area contributed by atoms with Crippen LogP contribution in [0.15, 0.2) is 24.3 Å². The maximum atomic E-state index is 13.4. The highest BCUT2D eigenvalue weighted by atomic mass is 35.5. The molecule has 2 N–H and O–H groups in total. The van der Waals surface area contributed by atoms with Crippen molar-refractivity contribution >= 4 is 18.3 Å². The fourth-order valence-corrected chi connectivity index (χ4v) is 1.62. The van der Waals surface area contributed by atoms with Crippen LogP contribution in [0.3, 0.4) is 0 Å². The summed E-state index contributed by atoms with van der Waals surface area (Å²) >= 11 is 0. The van der Waals surface area contributed by atoms with E-state index in [2.05, 4.69) is 0 Å². The normalized spacial score (nSPS) is 10.7. The van der Waals surface area contributed by atoms with E-state index in [0.29, 0.717) is 13.1 Å². The zero-order valence-electron chi connectivity index (χ0n) is 10.9. The minimum Gasteiger partial charge on any atom is -0.341 e. The molecule has 1 aromatic carbocycles. The zero-order valence-corrected chi connectivity index (χ0v) is 11.8. The van der Waals surface area contributed by atoms with E-state index in [0.717, 1.165) is 0 Å². The number of carbonyl (C=O) groups is 1. The summed E-state index contributed by atoms with van der Waals surface area (Å²) in [4.78, 5) is 13.5. The van der Waals surface area contributed by atoms with Gasteiger partial charge in [0.2, 0.25) is 0 Å². The third kappa shape index (κ3) is 4.27. The van der Waals surface area contributed by atoms with E-state index in [1.807, 2.05) is 13.8 Å². The van der Waals surface area contributed by atoms with Gasteiger partial charge in [-0.15, -0.1) is 12.4 Å². The molecule has 1 amide bonds. The van der Waals surface area contributed by atoms with Gasteiger partial charge in [-0.3, -0.25) is 4.79 Å². The Balaban J connectivity index is 0.00000289. The summed E-state index contributed by atoms with van der Waals surface area (Å²) in [7, 11) is 1.66. The summed E-state index contributed by atoms with van der Waals surface area (Å²) in [6.07, 6.45) is 0. The molecule has 0 spiro atoms. The van der Waals surface area contributed by atoms with Crippen molar-refractivity contribution in [3.05, 3.63) is 35.6 Å². The quantitative estimate of drug-likeness (QED) is 0.916. The Labute approximate surface area is 114 Å². The van der Waals surface area contributed by atoms with E-state index in [1.165, 1.54) is 17.0 Å². The predicted molar refractivity (Wildman–Crippen MR) is 73.4 cm³/mol. The molecule has 0 atom stereocenters. The smallest absolute Gasteiger partial charge is 0.256 e. The van der Waals surface area contributed by atoms with Gasteiger partial charge in [-0.25, -0.2) is 4.39 Å². The van der Waals surface area contributed by atoms with Crippen LogP contribution in [-0.2, 0) is 0 Å². The van der Waals surface area contributed by atoms with Gasteiger partial charge in [0.25, 0.3) is 5.91 Å². The fraction of sp³-hybridized carbons (Fsp3) is 0.462. The number of benzene rings is 1. The Hall–Kier alpha value is -1.13. The number of hydrogen-bond donors (Lipinski definition) is 1. The van der Waals surface area contributed by atoms with E-state index < -0.39 is 5.82 Å². The Morgan fingerprint density at radius 1 is 1.39 bits per heavy atom. The maximum Gasteiger partial charge on any atom is 0.256 e. The predicted octanol–water partition coefficient (Wildman–Crippen LogP) is 2.30. The molecule has 3 nitrogen and oxygen atoms in total. The molecular formula is C13H20ClFN2O. The SMILES string of the molecule is CN(CC(C)(C)CN)C(=O)c1ccccc1F.Cl. The molecule has 18 heavy (non-hydrogen) atoms. The van der Waals surface area contributed by atoms with E-state index in [4.69, 9.17) is 5.73 Å². The van der Waals surface area contributed by atoms with Crippen LogP contribution in [0.2, 0.25) is 0 Å². The molecule has 0 saturated heterocycles. The molecule has 0 fully saturated rings. The van der Waals surface area contributed by atoms with E-state index >= 15 is 0 Å². The molecular weight excluding hydrogens is 255 g/mol. The monoisotopic (exact) mass is 274 g/mol.